The number of rotatable bonds is 5. The van der Waals surface area contributed by atoms with Crippen LogP contribution in [-0.2, 0) is 6.54 Å². The normalized spacial score (nSPS) is 13.4. The standard InChI is InChI=1S/C12H22N4/c1-9(2)5-10(3)16(4)8-11-6-15-12(13)7-14-11/h6-7,9-10H,5,8H2,1-4H3,(H2,13,15). The fourth-order valence-electron chi connectivity index (χ4n) is 1.72. The van der Waals surface area contributed by atoms with Crippen molar-refractivity contribution < 1.29 is 0 Å². The highest BCUT2D eigenvalue weighted by Gasteiger charge is 2.11. The highest BCUT2D eigenvalue weighted by molar-refractivity contribution is 5.22. The van der Waals surface area contributed by atoms with Gasteiger partial charge in [-0.2, -0.15) is 0 Å². The summed E-state index contributed by atoms with van der Waals surface area (Å²) < 4.78 is 0. The third kappa shape index (κ3) is 4.14. The predicted octanol–water partition coefficient (Wildman–Crippen LogP) is 1.93. The summed E-state index contributed by atoms with van der Waals surface area (Å²) >= 11 is 0. The average molecular weight is 222 g/mol. The van der Waals surface area contributed by atoms with E-state index in [4.69, 9.17) is 5.73 Å². The van der Waals surface area contributed by atoms with Crippen LogP contribution in [0.5, 0.6) is 0 Å². The maximum atomic E-state index is 5.50. The minimum atomic E-state index is 0.474. The third-order valence-electron chi connectivity index (χ3n) is 2.70. The molecule has 1 aromatic heterocycles. The summed E-state index contributed by atoms with van der Waals surface area (Å²) in [4.78, 5) is 10.6. The molecule has 90 valence electrons. The zero-order valence-corrected chi connectivity index (χ0v) is 10.6. The molecule has 0 aliphatic rings. The summed E-state index contributed by atoms with van der Waals surface area (Å²) in [6.07, 6.45) is 4.54. The molecule has 0 fully saturated rings. The molecule has 0 spiro atoms. The predicted molar refractivity (Wildman–Crippen MR) is 66.8 cm³/mol. The molecule has 1 heterocycles. The van der Waals surface area contributed by atoms with Crippen molar-refractivity contribution in [1.82, 2.24) is 14.9 Å². The zero-order chi connectivity index (χ0) is 12.1. The summed E-state index contributed by atoms with van der Waals surface area (Å²) in [5.41, 5.74) is 6.46. The van der Waals surface area contributed by atoms with E-state index in [1.807, 2.05) is 0 Å². The molecule has 1 aromatic rings. The van der Waals surface area contributed by atoms with Gasteiger partial charge < -0.3 is 5.73 Å². The van der Waals surface area contributed by atoms with Crippen LogP contribution >= 0.6 is 0 Å². The zero-order valence-electron chi connectivity index (χ0n) is 10.6. The molecule has 4 heteroatoms. The number of hydrogen-bond donors (Lipinski definition) is 1. The van der Waals surface area contributed by atoms with Gasteiger partial charge in [0.1, 0.15) is 5.82 Å². The fourth-order valence-corrected chi connectivity index (χ4v) is 1.72. The lowest BCUT2D eigenvalue weighted by molar-refractivity contribution is 0.218. The van der Waals surface area contributed by atoms with Gasteiger partial charge in [0, 0.05) is 12.6 Å². The molecular weight excluding hydrogens is 200 g/mol. The van der Waals surface area contributed by atoms with Crippen LogP contribution in [-0.4, -0.2) is 28.0 Å². The van der Waals surface area contributed by atoms with Crippen LogP contribution in [0.3, 0.4) is 0 Å². The molecule has 4 nitrogen and oxygen atoms in total. The molecule has 0 bridgehead atoms. The van der Waals surface area contributed by atoms with Gasteiger partial charge in [-0.1, -0.05) is 13.8 Å². The Morgan fingerprint density at radius 2 is 1.94 bits per heavy atom. The van der Waals surface area contributed by atoms with Crippen LogP contribution in [0.15, 0.2) is 12.4 Å². The highest BCUT2D eigenvalue weighted by Crippen LogP contribution is 2.11. The van der Waals surface area contributed by atoms with E-state index in [1.54, 1.807) is 12.4 Å². The fraction of sp³-hybridized carbons (Fsp3) is 0.667. The van der Waals surface area contributed by atoms with Crippen LogP contribution in [0, 0.1) is 5.92 Å². The van der Waals surface area contributed by atoms with Crippen LogP contribution < -0.4 is 5.73 Å². The van der Waals surface area contributed by atoms with Gasteiger partial charge in [-0.05, 0) is 26.3 Å². The summed E-state index contributed by atoms with van der Waals surface area (Å²) in [7, 11) is 2.12. The minimum Gasteiger partial charge on any atom is -0.382 e. The van der Waals surface area contributed by atoms with Gasteiger partial charge in [-0.25, -0.2) is 4.98 Å². The lowest BCUT2D eigenvalue weighted by Crippen LogP contribution is -2.30. The molecule has 0 saturated carbocycles. The van der Waals surface area contributed by atoms with Gasteiger partial charge >= 0.3 is 0 Å². The molecule has 1 atom stereocenters. The SMILES string of the molecule is CC(C)CC(C)N(C)Cc1cnc(N)cn1. The molecule has 0 aliphatic heterocycles. The minimum absolute atomic E-state index is 0.474. The second kappa shape index (κ2) is 5.80. The van der Waals surface area contributed by atoms with Crippen LogP contribution in [0.1, 0.15) is 32.9 Å². The number of nitrogens with zero attached hydrogens (tertiary/aromatic N) is 3. The molecule has 0 aliphatic carbocycles. The smallest absolute Gasteiger partial charge is 0.141 e. The quantitative estimate of drug-likeness (QED) is 0.827. The topological polar surface area (TPSA) is 55.0 Å². The van der Waals surface area contributed by atoms with Crippen LogP contribution in [0.25, 0.3) is 0 Å². The van der Waals surface area contributed by atoms with E-state index in [-0.39, 0.29) is 0 Å². The van der Waals surface area contributed by atoms with Gasteiger partial charge in [0.15, 0.2) is 0 Å². The van der Waals surface area contributed by atoms with E-state index in [9.17, 15) is 0 Å². The molecule has 16 heavy (non-hydrogen) atoms. The van der Waals surface area contributed by atoms with E-state index in [2.05, 4.69) is 42.7 Å². The first kappa shape index (κ1) is 12.9. The van der Waals surface area contributed by atoms with Crippen molar-refractivity contribution in [3.63, 3.8) is 0 Å². The molecule has 1 rings (SSSR count). The van der Waals surface area contributed by atoms with Crippen molar-refractivity contribution in [1.29, 1.82) is 0 Å². The van der Waals surface area contributed by atoms with Crippen molar-refractivity contribution in [2.75, 3.05) is 12.8 Å². The van der Waals surface area contributed by atoms with Gasteiger partial charge in [0.05, 0.1) is 18.1 Å². The molecule has 0 amide bonds. The first-order chi connectivity index (χ1) is 7.49. The molecule has 0 aromatic carbocycles. The molecule has 2 N–H and O–H groups in total. The van der Waals surface area contributed by atoms with Crippen molar-refractivity contribution in [2.24, 2.45) is 5.92 Å². The Hall–Kier alpha value is -1.16. The summed E-state index contributed by atoms with van der Waals surface area (Å²) in [5.74, 6) is 1.19. The Kier molecular flexibility index (Phi) is 4.68. The Balaban J connectivity index is 2.50. The van der Waals surface area contributed by atoms with Crippen molar-refractivity contribution >= 4 is 5.82 Å². The van der Waals surface area contributed by atoms with E-state index < -0.39 is 0 Å². The van der Waals surface area contributed by atoms with E-state index in [0.717, 1.165) is 18.2 Å². The Labute approximate surface area is 97.9 Å². The third-order valence-corrected chi connectivity index (χ3v) is 2.70. The largest absolute Gasteiger partial charge is 0.382 e. The molecule has 0 saturated heterocycles. The lowest BCUT2D eigenvalue weighted by atomic mass is 10.0. The Morgan fingerprint density at radius 3 is 2.44 bits per heavy atom. The molecule has 1 unspecified atom stereocenters. The van der Waals surface area contributed by atoms with E-state index in [1.165, 1.54) is 6.42 Å². The molecule has 0 radical (unpaired) electrons. The number of nitrogens with two attached hydrogens (primary N) is 1. The maximum absolute atomic E-state index is 5.50. The number of aromatic nitrogens is 2. The maximum Gasteiger partial charge on any atom is 0.141 e. The lowest BCUT2D eigenvalue weighted by Gasteiger charge is -2.25. The van der Waals surface area contributed by atoms with E-state index in [0.29, 0.717) is 11.9 Å². The highest BCUT2D eigenvalue weighted by atomic mass is 15.1. The number of anilines is 1. The average Bonchev–Trinajstić information content (AvgIpc) is 2.20. The van der Waals surface area contributed by atoms with Crippen LogP contribution in [0.4, 0.5) is 5.82 Å². The van der Waals surface area contributed by atoms with Gasteiger partial charge in [-0.3, -0.25) is 9.88 Å². The van der Waals surface area contributed by atoms with Crippen molar-refractivity contribution in [3.05, 3.63) is 18.1 Å². The second-order valence-corrected chi connectivity index (χ2v) is 4.83. The Morgan fingerprint density at radius 1 is 1.25 bits per heavy atom. The first-order valence-corrected chi connectivity index (χ1v) is 5.75. The molecular formula is C12H22N4. The summed E-state index contributed by atoms with van der Waals surface area (Å²) in [5, 5.41) is 0. The van der Waals surface area contributed by atoms with E-state index >= 15 is 0 Å². The summed E-state index contributed by atoms with van der Waals surface area (Å²) in [6, 6.07) is 0.555. The summed E-state index contributed by atoms with van der Waals surface area (Å²) in [6.45, 7) is 7.55. The van der Waals surface area contributed by atoms with Gasteiger partial charge in [-0.15, -0.1) is 0 Å². The first-order valence-electron chi connectivity index (χ1n) is 5.75. The Bertz CT molecular complexity index is 307. The monoisotopic (exact) mass is 222 g/mol. The van der Waals surface area contributed by atoms with Gasteiger partial charge in [0.2, 0.25) is 0 Å². The van der Waals surface area contributed by atoms with Crippen molar-refractivity contribution in [3.8, 4) is 0 Å². The van der Waals surface area contributed by atoms with Gasteiger partial charge in [0.25, 0.3) is 0 Å². The second-order valence-electron chi connectivity index (χ2n) is 4.83. The van der Waals surface area contributed by atoms with Crippen LogP contribution in [0.2, 0.25) is 0 Å². The number of hydrogen-bond acceptors (Lipinski definition) is 4. The number of nitrogen functional groups attached to an aromatic ring is 1. The van der Waals surface area contributed by atoms with Crippen molar-refractivity contribution in [2.45, 2.75) is 39.8 Å².